The molecule has 1 saturated heterocycles. The summed E-state index contributed by atoms with van der Waals surface area (Å²) in [7, 11) is 0. The van der Waals surface area contributed by atoms with Crippen molar-refractivity contribution in [2.24, 2.45) is 0 Å². The molecule has 0 aromatic heterocycles. The molecule has 0 aliphatic carbocycles. The van der Waals surface area contributed by atoms with Gasteiger partial charge in [-0.1, -0.05) is 84.9 Å². The molecule has 1 radical (unpaired) electrons. The van der Waals surface area contributed by atoms with Crippen LogP contribution in [0.1, 0.15) is 11.1 Å². The normalized spacial score (nSPS) is 18.7. The smallest absolute Gasteiger partial charge is 0.264 e. The number of carbonyl (C=O) groups excluding carboxylic acids is 1. The van der Waals surface area contributed by atoms with Crippen LogP contribution in [0, 0.1) is 44.1 Å². The predicted molar refractivity (Wildman–Crippen MR) is 115 cm³/mol. The third-order valence-electron chi connectivity index (χ3n) is 5.71. The Morgan fingerprint density at radius 2 is 1.23 bits per heavy atom. The summed E-state index contributed by atoms with van der Waals surface area (Å²) >= 11 is 0. The number of hydrogen-bond acceptors (Lipinski definition) is 3. The van der Waals surface area contributed by atoms with Crippen molar-refractivity contribution in [1.29, 1.82) is 0 Å². The van der Waals surface area contributed by atoms with Gasteiger partial charge in [-0.3, -0.25) is 15.3 Å². The zero-order valence-electron chi connectivity index (χ0n) is 16.5. The summed E-state index contributed by atoms with van der Waals surface area (Å²) in [6.07, 6.45) is 0.685. The Balaban J connectivity index is 0.00000218. The van der Waals surface area contributed by atoms with E-state index in [0.717, 1.165) is 27.0 Å². The number of benzene rings is 4. The zero-order valence-corrected chi connectivity index (χ0v) is 21.3. The molecule has 30 heavy (non-hydrogen) atoms. The fourth-order valence-electron chi connectivity index (χ4n) is 4.17. The molecule has 4 aromatic carbocycles. The number of nitrogens with one attached hydrogen (secondary N) is 1. The van der Waals surface area contributed by atoms with Gasteiger partial charge in [0.25, 0.3) is 5.91 Å². The van der Waals surface area contributed by atoms with Gasteiger partial charge in [0.15, 0.2) is 0 Å². The molecule has 4 aromatic rings. The second kappa shape index (κ2) is 9.16. The summed E-state index contributed by atoms with van der Waals surface area (Å²) in [5.41, 5.74) is 2.16. The molecule has 5 heteroatoms. The second-order valence-electron chi connectivity index (χ2n) is 7.69. The van der Waals surface area contributed by atoms with Crippen molar-refractivity contribution in [1.82, 2.24) is 10.4 Å². The van der Waals surface area contributed by atoms with Gasteiger partial charge in [-0.05, 0) is 39.1 Å². The van der Waals surface area contributed by atoms with Crippen LogP contribution in [-0.2, 0) is 17.6 Å². The van der Waals surface area contributed by atoms with Gasteiger partial charge < -0.3 is 0 Å². The zero-order chi connectivity index (χ0) is 19.8. The van der Waals surface area contributed by atoms with Crippen molar-refractivity contribution in [2.45, 2.75) is 25.0 Å². The van der Waals surface area contributed by atoms with E-state index in [2.05, 4.69) is 66.0 Å². The van der Waals surface area contributed by atoms with E-state index in [9.17, 15) is 10.0 Å². The summed E-state index contributed by atoms with van der Waals surface area (Å²) < 4.78 is 0. The Morgan fingerprint density at radius 1 is 0.733 bits per heavy atom. The van der Waals surface area contributed by atoms with E-state index in [1.807, 2.05) is 24.3 Å². The Kier molecular flexibility index (Phi) is 6.55. The standard InChI is InChI=1S/C25H22N2O2.Ac/c28-25-23(15-17-9-11-19-5-1-3-7-21(19)13-17)26-24(27(25)29)16-18-10-12-20-6-2-4-8-22(20)14-18;/h1-14,23-24,26,29H,15-16H2;/t23-,24+;/m0./s1. The van der Waals surface area contributed by atoms with Crippen molar-refractivity contribution < 1.29 is 54.1 Å². The third-order valence-corrected chi connectivity index (χ3v) is 5.71. The van der Waals surface area contributed by atoms with E-state index in [-0.39, 0.29) is 50.0 Å². The predicted octanol–water partition coefficient (Wildman–Crippen LogP) is 4.29. The van der Waals surface area contributed by atoms with Gasteiger partial charge in [0.1, 0.15) is 6.17 Å². The van der Waals surface area contributed by atoms with Gasteiger partial charge in [-0.25, -0.2) is 5.06 Å². The molecular weight excluding hydrogens is 587 g/mol. The fraction of sp³-hybridized carbons (Fsp3) is 0.160. The minimum Gasteiger partial charge on any atom is -0.284 e. The monoisotopic (exact) mass is 609 g/mol. The largest absolute Gasteiger partial charge is 0.284 e. The maximum absolute atomic E-state index is 12.6. The van der Waals surface area contributed by atoms with Crippen LogP contribution in [0.25, 0.3) is 21.5 Å². The molecular formula is C25H22AcN2O2. The number of hydrogen-bond donors (Lipinski definition) is 2. The van der Waals surface area contributed by atoms with Crippen LogP contribution in [0.5, 0.6) is 0 Å². The van der Waals surface area contributed by atoms with Crippen molar-refractivity contribution in [2.75, 3.05) is 0 Å². The van der Waals surface area contributed by atoms with E-state index in [1.165, 1.54) is 10.8 Å². The van der Waals surface area contributed by atoms with Crippen LogP contribution in [0.2, 0.25) is 0 Å². The summed E-state index contributed by atoms with van der Waals surface area (Å²) in [6, 6.07) is 28.4. The molecule has 0 unspecified atom stereocenters. The first-order chi connectivity index (χ1) is 14.2. The van der Waals surface area contributed by atoms with Crippen molar-refractivity contribution >= 4 is 27.5 Å². The molecule has 2 atom stereocenters. The Bertz CT molecular complexity index is 1210. The third kappa shape index (κ3) is 4.31. The van der Waals surface area contributed by atoms with Crippen LogP contribution in [0.3, 0.4) is 0 Å². The number of amides is 1. The maximum atomic E-state index is 12.6. The first kappa shape index (κ1) is 21.5. The van der Waals surface area contributed by atoms with Gasteiger partial charge in [0.05, 0.1) is 6.04 Å². The van der Waals surface area contributed by atoms with Gasteiger partial charge in [0, 0.05) is 50.5 Å². The summed E-state index contributed by atoms with van der Waals surface area (Å²) in [5, 5.41) is 19.2. The molecule has 0 spiro atoms. The average molecular weight is 609 g/mol. The van der Waals surface area contributed by atoms with Crippen LogP contribution in [0.15, 0.2) is 84.9 Å². The number of nitrogens with zero attached hydrogens (tertiary/aromatic N) is 1. The summed E-state index contributed by atoms with van der Waals surface area (Å²) in [6.45, 7) is 0. The number of carbonyl (C=O) groups is 1. The number of rotatable bonds is 4. The van der Waals surface area contributed by atoms with Crippen molar-refractivity contribution in [3.8, 4) is 0 Å². The molecule has 5 rings (SSSR count). The quantitative estimate of drug-likeness (QED) is 0.340. The van der Waals surface area contributed by atoms with Gasteiger partial charge in [0.2, 0.25) is 0 Å². The molecule has 147 valence electrons. The van der Waals surface area contributed by atoms with E-state index < -0.39 is 12.2 Å². The molecule has 4 nitrogen and oxygen atoms in total. The van der Waals surface area contributed by atoms with E-state index in [4.69, 9.17) is 0 Å². The number of fused-ring (bicyclic) bond motifs is 2. The van der Waals surface area contributed by atoms with Gasteiger partial charge in [-0.15, -0.1) is 0 Å². The van der Waals surface area contributed by atoms with Crippen molar-refractivity contribution in [3.05, 3.63) is 96.1 Å². The van der Waals surface area contributed by atoms with Crippen LogP contribution < -0.4 is 5.32 Å². The fourth-order valence-corrected chi connectivity index (χ4v) is 4.17. The van der Waals surface area contributed by atoms with Crippen molar-refractivity contribution in [3.63, 3.8) is 0 Å². The molecule has 1 aliphatic rings. The molecule has 1 heterocycles. The molecule has 0 saturated carbocycles. The summed E-state index contributed by atoms with van der Waals surface area (Å²) in [5.74, 6) is -0.274. The first-order valence-electron chi connectivity index (χ1n) is 9.91. The Labute approximate surface area is 211 Å². The molecule has 1 aliphatic heterocycles. The number of hydroxylamine groups is 2. The van der Waals surface area contributed by atoms with Crippen LogP contribution >= 0.6 is 0 Å². The first-order valence-corrected chi connectivity index (χ1v) is 9.91. The average Bonchev–Trinajstić information content (AvgIpc) is 3.01. The molecule has 2 N–H and O–H groups in total. The molecule has 1 fully saturated rings. The van der Waals surface area contributed by atoms with E-state index in [0.29, 0.717) is 12.8 Å². The Hall–Kier alpha value is -1.77. The minimum atomic E-state index is -0.424. The SMILES string of the molecule is O=C1[C@H](Cc2ccc3ccccc3c2)N[C@@H](Cc2ccc3ccccc3c2)N1O.[Ac]. The van der Waals surface area contributed by atoms with Crippen LogP contribution in [0.4, 0.5) is 0 Å². The molecule has 0 bridgehead atoms. The van der Waals surface area contributed by atoms with Gasteiger partial charge in [-0.2, -0.15) is 0 Å². The topological polar surface area (TPSA) is 52.6 Å². The van der Waals surface area contributed by atoms with E-state index in [1.54, 1.807) is 0 Å². The van der Waals surface area contributed by atoms with E-state index >= 15 is 0 Å². The molecule has 1 amide bonds. The maximum Gasteiger partial charge on any atom is 0.264 e. The second-order valence-corrected chi connectivity index (χ2v) is 7.69. The summed E-state index contributed by atoms with van der Waals surface area (Å²) in [4.78, 5) is 12.6. The minimum absolute atomic E-state index is 0. The Morgan fingerprint density at radius 3 is 1.80 bits per heavy atom. The van der Waals surface area contributed by atoms with Crippen LogP contribution in [-0.4, -0.2) is 28.4 Å². The van der Waals surface area contributed by atoms with Gasteiger partial charge >= 0.3 is 0 Å².